The number of thioether (sulfide) groups is 1. The largest absolute Gasteiger partial charge is 0.468 e. The Balaban J connectivity index is 1.57. The molecule has 5 nitrogen and oxygen atoms in total. The summed E-state index contributed by atoms with van der Waals surface area (Å²) in [7, 11) is 0. The molecule has 2 aromatic rings. The zero-order valence-electron chi connectivity index (χ0n) is 10.3. The highest BCUT2D eigenvalue weighted by Gasteiger charge is 2.01. The second-order valence-corrected chi connectivity index (χ2v) is 4.86. The van der Waals surface area contributed by atoms with Crippen molar-refractivity contribution in [2.45, 2.75) is 5.75 Å². The summed E-state index contributed by atoms with van der Waals surface area (Å²) in [4.78, 5) is 15.4. The molecule has 2 heterocycles. The van der Waals surface area contributed by atoms with Gasteiger partial charge < -0.3 is 15.1 Å². The van der Waals surface area contributed by atoms with Crippen LogP contribution < -0.4 is 10.6 Å². The van der Waals surface area contributed by atoms with E-state index in [9.17, 15) is 4.79 Å². The summed E-state index contributed by atoms with van der Waals surface area (Å²) in [6.07, 6.45) is 4.93. The van der Waals surface area contributed by atoms with Crippen molar-refractivity contribution < 1.29 is 9.21 Å². The van der Waals surface area contributed by atoms with Crippen LogP contribution in [0.2, 0.25) is 0 Å². The van der Waals surface area contributed by atoms with Gasteiger partial charge in [0, 0.05) is 18.5 Å². The lowest BCUT2D eigenvalue weighted by atomic mass is 10.4. The van der Waals surface area contributed by atoms with Crippen LogP contribution in [-0.4, -0.2) is 23.3 Å². The Morgan fingerprint density at radius 1 is 1.37 bits per heavy atom. The smallest absolute Gasteiger partial charge is 0.319 e. The van der Waals surface area contributed by atoms with Gasteiger partial charge in [-0.1, -0.05) is 0 Å². The molecule has 100 valence electrons. The maximum absolute atomic E-state index is 11.5. The summed E-state index contributed by atoms with van der Waals surface area (Å²) in [5.74, 6) is 2.60. The van der Waals surface area contributed by atoms with Gasteiger partial charge in [0.15, 0.2) is 0 Å². The quantitative estimate of drug-likeness (QED) is 0.797. The number of carbonyl (C=O) groups excluding carboxylic acids is 1. The fourth-order valence-electron chi connectivity index (χ4n) is 1.42. The Hall–Kier alpha value is -1.95. The van der Waals surface area contributed by atoms with Crippen molar-refractivity contribution in [2.75, 3.05) is 17.6 Å². The predicted octanol–water partition coefficient (Wildman–Crippen LogP) is 2.73. The molecule has 19 heavy (non-hydrogen) atoms. The monoisotopic (exact) mass is 277 g/mol. The molecule has 0 radical (unpaired) electrons. The Bertz CT molecular complexity index is 488. The molecule has 0 bridgehead atoms. The molecule has 2 amide bonds. The van der Waals surface area contributed by atoms with Crippen LogP contribution in [0.5, 0.6) is 0 Å². The highest BCUT2D eigenvalue weighted by Crippen LogP contribution is 2.11. The average molecular weight is 277 g/mol. The van der Waals surface area contributed by atoms with Crippen molar-refractivity contribution in [3.05, 3.63) is 48.7 Å². The van der Waals surface area contributed by atoms with Crippen LogP contribution in [0.15, 0.2) is 47.3 Å². The predicted molar refractivity (Wildman–Crippen MR) is 76.1 cm³/mol. The maximum Gasteiger partial charge on any atom is 0.319 e. The third kappa shape index (κ3) is 5.05. The van der Waals surface area contributed by atoms with Crippen LogP contribution in [0.4, 0.5) is 10.5 Å². The fraction of sp³-hybridized carbons (Fsp3) is 0.231. The number of furan rings is 1. The molecule has 0 spiro atoms. The molecule has 6 heteroatoms. The summed E-state index contributed by atoms with van der Waals surface area (Å²) in [6, 6.07) is 7.16. The van der Waals surface area contributed by atoms with Gasteiger partial charge in [0.05, 0.1) is 23.9 Å². The van der Waals surface area contributed by atoms with Crippen molar-refractivity contribution in [3.63, 3.8) is 0 Å². The molecule has 0 saturated carbocycles. The molecule has 0 atom stereocenters. The second kappa shape index (κ2) is 7.48. The van der Waals surface area contributed by atoms with E-state index in [1.807, 2.05) is 12.1 Å². The van der Waals surface area contributed by atoms with Gasteiger partial charge in [-0.05, 0) is 24.3 Å². The van der Waals surface area contributed by atoms with Crippen LogP contribution in [0.1, 0.15) is 5.76 Å². The van der Waals surface area contributed by atoms with Crippen LogP contribution in [0.3, 0.4) is 0 Å². The minimum absolute atomic E-state index is 0.216. The van der Waals surface area contributed by atoms with E-state index in [4.69, 9.17) is 4.42 Å². The third-order valence-corrected chi connectivity index (χ3v) is 3.26. The van der Waals surface area contributed by atoms with Gasteiger partial charge in [-0.3, -0.25) is 4.98 Å². The fourth-order valence-corrected chi connectivity index (χ4v) is 2.17. The van der Waals surface area contributed by atoms with E-state index in [-0.39, 0.29) is 6.03 Å². The summed E-state index contributed by atoms with van der Waals surface area (Å²) >= 11 is 1.71. The molecule has 0 saturated heterocycles. The minimum atomic E-state index is -0.216. The first-order valence-corrected chi connectivity index (χ1v) is 7.05. The van der Waals surface area contributed by atoms with Gasteiger partial charge in [0.25, 0.3) is 0 Å². The molecular weight excluding hydrogens is 262 g/mol. The molecular formula is C13H15N3O2S. The average Bonchev–Trinajstić information content (AvgIpc) is 2.92. The van der Waals surface area contributed by atoms with E-state index >= 15 is 0 Å². The van der Waals surface area contributed by atoms with Crippen molar-refractivity contribution in [1.82, 2.24) is 10.3 Å². The number of nitrogens with zero attached hydrogens (tertiary/aromatic N) is 1. The standard InChI is InChI=1S/C13H15N3O2S/c17-13(16-11-3-1-5-14-9-11)15-6-8-19-10-12-4-2-7-18-12/h1-5,7,9H,6,8,10H2,(H2,15,16,17). The van der Waals surface area contributed by atoms with E-state index < -0.39 is 0 Å². The van der Waals surface area contributed by atoms with Gasteiger partial charge in [-0.25, -0.2) is 4.79 Å². The molecule has 2 rings (SSSR count). The summed E-state index contributed by atoms with van der Waals surface area (Å²) < 4.78 is 5.21. The highest BCUT2D eigenvalue weighted by atomic mass is 32.2. The lowest BCUT2D eigenvalue weighted by Crippen LogP contribution is -2.30. The van der Waals surface area contributed by atoms with Gasteiger partial charge in [-0.2, -0.15) is 11.8 Å². The number of carbonyl (C=O) groups is 1. The SMILES string of the molecule is O=C(NCCSCc1ccco1)Nc1cccnc1. The molecule has 0 aliphatic rings. The normalized spacial score (nSPS) is 10.1. The molecule has 0 unspecified atom stereocenters. The number of hydrogen-bond acceptors (Lipinski definition) is 4. The van der Waals surface area contributed by atoms with E-state index in [2.05, 4.69) is 15.6 Å². The number of pyridine rings is 1. The van der Waals surface area contributed by atoms with Crippen LogP contribution in [-0.2, 0) is 5.75 Å². The maximum atomic E-state index is 11.5. The molecule has 2 aromatic heterocycles. The van der Waals surface area contributed by atoms with E-state index in [0.29, 0.717) is 12.2 Å². The minimum Gasteiger partial charge on any atom is -0.468 e. The zero-order chi connectivity index (χ0) is 13.3. The molecule has 0 aliphatic heterocycles. The molecule has 0 aromatic carbocycles. The van der Waals surface area contributed by atoms with Crippen molar-refractivity contribution in [2.24, 2.45) is 0 Å². The van der Waals surface area contributed by atoms with Gasteiger partial charge in [0.2, 0.25) is 0 Å². The summed E-state index contributed by atoms with van der Waals surface area (Å²) in [5.41, 5.74) is 0.684. The number of rotatable bonds is 6. The number of hydrogen-bond donors (Lipinski definition) is 2. The van der Waals surface area contributed by atoms with Crippen LogP contribution >= 0.6 is 11.8 Å². The topological polar surface area (TPSA) is 67.2 Å². The first kappa shape index (κ1) is 13.5. The first-order chi connectivity index (χ1) is 9.34. The molecule has 0 aliphatic carbocycles. The Morgan fingerprint density at radius 2 is 2.32 bits per heavy atom. The summed E-state index contributed by atoms with van der Waals surface area (Å²) in [6.45, 7) is 0.609. The van der Waals surface area contributed by atoms with E-state index in [1.54, 1.807) is 42.6 Å². The second-order valence-electron chi connectivity index (χ2n) is 3.75. The van der Waals surface area contributed by atoms with Gasteiger partial charge in [-0.15, -0.1) is 0 Å². The van der Waals surface area contributed by atoms with Crippen LogP contribution in [0, 0.1) is 0 Å². The zero-order valence-corrected chi connectivity index (χ0v) is 11.2. The Morgan fingerprint density at radius 3 is 3.05 bits per heavy atom. The number of aromatic nitrogens is 1. The molecule has 2 N–H and O–H groups in total. The van der Waals surface area contributed by atoms with Crippen molar-refractivity contribution in [3.8, 4) is 0 Å². The van der Waals surface area contributed by atoms with E-state index in [0.717, 1.165) is 17.3 Å². The number of amides is 2. The van der Waals surface area contributed by atoms with Gasteiger partial charge >= 0.3 is 6.03 Å². The lowest BCUT2D eigenvalue weighted by molar-refractivity contribution is 0.252. The summed E-state index contributed by atoms with van der Waals surface area (Å²) in [5, 5.41) is 5.49. The van der Waals surface area contributed by atoms with E-state index in [1.165, 1.54) is 0 Å². The lowest BCUT2D eigenvalue weighted by Gasteiger charge is -2.06. The number of urea groups is 1. The number of anilines is 1. The van der Waals surface area contributed by atoms with Crippen molar-refractivity contribution >= 4 is 23.5 Å². The Kier molecular flexibility index (Phi) is 5.31. The Labute approximate surface area is 115 Å². The first-order valence-electron chi connectivity index (χ1n) is 5.89. The van der Waals surface area contributed by atoms with Gasteiger partial charge in [0.1, 0.15) is 5.76 Å². The highest BCUT2D eigenvalue weighted by molar-refractivity contribution is 7.98. The van der Waals surface area contributed by atoms with Crippen LogP contribution in [0.25, 0.3) is 0 Å². The van der Waals surface area contributed by atoms with Crippen molar-refractivity contribution in [1.29, 1.82) is 0 Å². The third-order valence-electron chi connectivity index (χ3n) is 2.28. The molecule has 0 fully saturated rings. The number of nitrogens with one attached hydrogen (secondary N) is 2.